The zero-order chi connectivity index (χ0) is 44.0. The number of phenols is 2. The summed E-state index contributed by atoms with van der Waals surface area (Å²) >= 11 is 1.04. The molecule has 0 saturated heterocycles. The summed E-state index contributed by atoms with van der Waals surface area (Å²) in [6.07, 6.45) is -0.112. The third kappa shape index (κ3) is 9.24. The number of nitrogens with one attached hydrogen (secondary N) is 1. The van der Waals surface area contributed by atoms with E-state index in [2.05, 4.69) is 4.72 Å². The first-order valence-corrected chi connectivity index (χ1v) is 23.7. The molecule has 1 aliphatic rings. The van der Waals surface area contributed by atoms with Gasteiger partial charge in [0.25, 0.3) is 5.91 Å². The summed E-state index contributed by atoms with van der Waals surface area (Å²) in [5, 5.41) is 37.6. The van der Waals surface area contributed by atoms with Crippen LogP contribution in [0.15, 0.2) is 118 Å². The molecule has 14 nitrogen and oxygen atoms in total. The number of fused-ring (bicyclic) bond motifs is 8. The van der Waals surface area contributed by atoms with Crippen LogP contribution in [-0.4, -0.2) is 56.7 Å². The van der Waals surface area contributed by atoms with Gasteiger partial charge in [0.05, 0.1) is 9.79 Å². The molecule has 18 heteroatoms. The highest BCUT2D eigenvalue weighted by molar-refractivity contribution is 7.97. The highest BCUT2D eigenvalue weighted by Gasteiger charge is 2.27. The Morgan fingerprint density at radius 1 is 0.607 bits per heavy atom. The second-order valence-electron chi connectivity index (χ2n) is 14.4. The van der Waals surface area contributed by atoms with Crippen LogP contribution in [0.3, 0.4) is 0 Å². The van der Waals surface area contributed by atoms with E-state index in [0.717, 1.165) is 48.3 Å². The first-order chi connectivity index (χ1) is 28.7. The van der Waals surface area contributed by atoms with Crippen molar-refractivity contribution in [1.82, 2.24) is 4.72 Å². The van der Waals surface area contributed by atoms with Crippen molar-refractivity contribution in [3.63, 3.8) is 0 Å². The maximum absolute atomic E-state index is 14.2. The van der Waals surface area contributed by atoms with E-state index < -0.39 is 81.0 Å². The van der Waals surface area contributed by atoms with Crippen LogP contribution in [0.25, 0.3) is 11.1 Å². The molecule has 0 unspecified atom stereocenters. The normalized spacial score (nSPS) is 13.0. The summed E-state index contributed by atoms with van der Waals surface area (Å²) in [6.45, 7) is 1.65. The topological polar surface area (TPSA) is 250 Å². The standard InChI is InChI=1S/C43H37NO13S4/c1-24-12-28-16-30-20-37(59(49,50)51)22-32(40(30)46)18-34-14-27(25-6-4-3-5-7-25)15-35(42(34)57-61(55,56)36-10-8-26(9-11-36)43(48)44-58-2)19-33-23-38(60(52,53)54)21-31(41(33)47)17-29(13-24)39(28)45/h3-15,20-23,45-47H,16-19H2,1-2H3,(H,44,48)(H,49,50,51)(H,52,53,54)/p-3. The number of hydrogen-bond donors (Lipinski definition) is 3. The van der Waals surface area contributed by atoms with Crippen molar-refractivity contribution in [2.24, 2.45) is 0 Å². The highest BCUT2D eigenvalue weighted by atomic mass is 32.2. The molecule has 0 radical (unpaired) electrons. The molecular formula is C43H34NO13S4-3. The second-order valence-corrected chi connectivity index (χ2v) is 19.3. The van der Waals surface area contributed by atoms with Crippen molar-refractivity contribution in [2.45, 2.75) is 47.3 Å². The SMILES string of the molecule is CSNC(=O)c1ccc(S(=O)(=O)Oc2c3cc(-c4ccccc4)cc2Cc2cc(S(=O)(=O)[O-])cc(c2O)Cc2cc(C)cc(c2[O-])Cc2cc(S(=O)(=O)[O-])cc(c2O)C3)cc1. The Labute approximate surface area is 356 Å². The number of aryl methyl sites for hydroxylation is 1. The first kappa shape index (κ1) is 43.2. The van der Waals surface area contributed by atoms with Crippen molar-refractivity contribution >= 4 is 48.2 Å². The Morgan fingerprint density at radius 2 is 1.05 bits per heavy atom. The van der Waals surface area contributed by atoms with Gasteiger partial charge in [0.2, 0.25) is 0 Å². The molecule has 0 aromatic heterocycles. The van der Waals surface area contributed by atoms with Crippen LogP contribution in [0.5, 0.6) is 23.0 Å². The van der Waals surface area contributed by atoms with Crippen molar-refractivity contribution < 1.29 is 58.7 Å². The lowest BCUT2D eigenvalue weighted by Gasteiger charge is -2.24. The van der Waals surface area contributed by atoms with E-state index in [1.807, 2.05) is 0 Å². The third-order valence-corrected chi connectivity index (χ3v) is 13.4. The lowest BCUT2D eigenvalue weighted by molar-refractivity contribution is -0.270. The van der Waals surface area contributed by atoms with E-state index in [-0.39, 0.29) is 68.7 Å². The lowest BCUT2D eigenvalue weighted by Crippen LogP contribution is -2.16. The molecule has 316 valence electrons. The van der Waals surface area contributed by atoms with E-state index >= 15 is 0 Å². The molecule has 0 saturated carbocycles. The van der Waals surface area contributed by atoms with Crippen LogP contribution in [0.2, 0.25) is 0 Å². The Hall–Kier alpha value is -5.89. The Kier molecular flexibility index (Phi) is 11.7. The Bertz CT molecular complexity index is 2940. The number of carbonyl (C=O) groups is 1. The molecule has 3 N–H and O–H groups in total. The fraction of sp³-hybridized carbons (Fsp3) is 0.140. The monoisotopic (exact) mass is 900 g/mol. The molecule has 7 rings (SSSR count). The van der Waals surface area contributed by atoms with E-state index in [4.69, 9.17) is 4.18 Å². The molecule has 6 aromatic carbocycles. The van der Waals surface area contributed by atoms with Gasteiger partial charge in [-0.3, -0.25) is 9.52 Å². The Balaban J connectivity index is 1.55. The van der Waals surface area contributed by atoms with Gasteiger partial charge >= 0.3 is 10.1 Å². The predicted octanol–water partition coefficient (Wildman–Crippen LogP) is 5.41. The number of carbonyl (C=O) groups excluding carboxylic acids is 1. The molecule has 6 aromatic rings. The minimum Gasteiger partial charge on any atom is -0.872 e. The molecule has 0 aliphatic heterocycles. The van der Waals surface area contributed by atoms with Crippen molar-refractivity contribution in [3.8, 4) is 34.1 Å². The van der Waals surface area contributed by atoms with Gasteiger partial charge in [0.15, 0.2) is 0 Å². The largest absolute Gasteiger partial charge is 0.872 e. The van der Waals surface area contributed by atoms with Crippen molar-refractivity contribution in [3.05, 3.63) is 159 Å². The quantitative estimate of drug-likeness (QED) is 0.0981. The summed E-state index contributed by atoms with van der Waals surface area (Å²) in [5.41, 5.74) is 1.25. The number of hydrogen-bond acceptors (Lipinski definition) is 14. The molecule has 61 heavy (non-hydrogen) atoms. The molecule has 0 heterocycles. The molecular weight excluding hydrogens is 867 g/mol. The second kappa shape index (κ2) is 16.5. The molecule has 1 aliphatic carbocycles. The smallest absolute Gasteiger partial charge is 0.339 e. The minimum absolute atomic E-state index is 0.0133. The molecule has 1 amide bonds. The average Bonchev–Trinajstić information content (AvgIpc) is 3.19. The van der Waals surface area contributed by atoms with Crippen molar-refractivity contribution in [2.75, 3.05) is 6.26 Å². The first-order valence-electron chi connectivity index (χ1n) is 18.2. The zero-order valence-electron chi connectivity index (χ0n) is 32.2. The van der Waals surface area contributed by atoms with Crippen LogP contribution in [0.4, 0.5) is 0 Å². The highest BCUT2D eigenvalue weighted by Crippen LogP contribution is 2.42. The maximum Gasteiger partial charge on any atom is 0.339 e. The third-order valence-electron chi connectivity index (χ3n) is 10.1. The summed E-state index contributed by atoms with van der Waals surface area (Å²) in [6, 6.07) is 23.3. The maximum atomic E-state index is 14.2. The number of rotatable bonds is 8. The van der Waals surface area contributed by atoms with E-state index in [1.165, 1.54) is 36.4 Å². The van der Waals surface area contributed by atoms with Crippen LogP contribution in [0.1, 0.15) is 60.4 Å². The van der Waals surface area contributed by atoms with Crippen LogP contribution in [-0.2, 0) is 56.0 Å². The fourth-order valence-corrected chi connectivity index (χ4v) is 9.75. The summed E-state index contributed by atoms with van der Waals surface area (Å²) in [4.78, 5) is 10.6. The lowest BCUT2D eigenvalue weighted by atomic mass is 9.89. The van der Waals surface area contributed by atoms with Crippen LogP contribution in [0, 0.1) is 6.92 Å². The number of aromatic hydroxyl groups is 2. The number of amides is 1. The van der Waals surface area contributed by atoms with Gasteiger partial charge in [-0.2, -0.15) is 8.42 Å². The van der Waals surface area contributed by atoms with E-state index in [9.17, 15) is 54.5 Å². The van der Waals surface area contributed by atoms with Gasteiger partial charge in [0, 0.05) is 48.6 Å². The summed E-state index contributed by atoms with van der Waals surface area (Å²) in [5.74, 6) is -2.45. The van der Waals surface area contributed by atoms with E-state index in [0.29, 0.717) is 16.7 Å². The van der Waals surface area contributed by atoms with Crippen molar-refractivity contribution in [1.29, 1.82) is 0 Å². The predicted molar refractivity (Wildman–Crippen MR) is 221 cm³/mol. The van der Waals surface area contributed by atoms with Gasteiger partial charge in [-0.15, -0.1) is 5.75 Å². The van der Waals surface area contributed by atoms with E-state index in [1.54, 1.807) is 43.5 Å². The van der Waals surface area contributed by atoms with Gasteiger partial charge in [-0.1, -0.05) is 71.1 Å². The zero-order valence-corrected chi connectivity index (χ0v) is 35.4. The summed E-state index contributed by atoms with van der Waals surface area (Å²) < 4.78 is 112. The van der Waals surface area contributed by atoms with Crippen LogP contribution >= 0.6 is 11.9 Å². The number of benzene rings is 6. The molecule has 8 bridgehead atoms. The van der Waals surface area contributed by atoms with Gasteiger partial charge in [0.1, 0.15) is 42.4 Å². The molecule has 0 atom stereocenters. The molecule has 0 fully saturated rings. The number of phenolic OH excluding ortho intramolecular Hbond substituents is 2. The van der Waals surface area contributed by atoms with Gasteiger partial charge < -0.3 is 28.6 Å². The van der Waals surface area contributed by atoms with Crippen LogP contribution < -0.4 is 14.0 Å². The minimum atomic E-state index is -5.18. The molecule has 0 spiro atoms. The van der Waals surface area contributed by atoms with Gasteiger partial charge in [-0.25, -0.2) is 16.8 Å². The summed E-state index contributed by atoms with van der Waals surface area (Å²) in [7, 11) is -15.2. The fourth-order valence-electron chi connectivity index (χ4n) is 7.30. The Morgan fingerprint density at radius 3 is 1.48 bits per heavy atom. The average molecular weight is 901 g/mol. The van der Waals surface area contributed by atoms with Gasteiger partial charge in [-0.05, 0) is 101 Å².